The van der Waals surface area contributed by atoms with E-state index in [1.165, 1.54) is 0 Å². The molecule has 1 fully saturated rings. The average Bonchev–Trinajstić information content (AvgIpc) is 2.95. The Labute approximate surface area is 121 Å². The van der Waals surface area contributed by atoms with Gasteiger partial charge in [-0.05, 0) is 17.7 Å². The van der Waals surface area contributed by atoms with Gasteiger partial charge in [0.25, 0.3) is 0 Å². The number of carbonyl (C=O) groups is 2. The van der Waals surface area contributed by atoms with Gasteiger partial charge < -0.3 is 20.5 Å². The summed E-state index contributed by atoms with van der Waals surface area (Å²) in [5.41, 5.74) is -0.101. The van der Waals surface area contributed by atoms with E-state index in [4.69, 9.17) is 10.00 Å². The number of rotatable bonds is 4. The van der Waals surface area contributed by atoms with Gasteiger partial charge in [0.2, 0.25) is 0 Å². The van der Waals surface area contributed by atoms with E-state index in [-0.39, 0.29) is 19.6 Å². The number of nitrogens with one attached hydrogen (secondary N) is 2. The monoisotopic (exact) mass is 289 g/mol. The maximum Gasteiger partial charge on any atom is 0.332 e. The minimum absolute atomic E-state index is 0.0420. The summed E-state index contributed by atoms with van der Waals surface area (Å²) in [6.07, 6.45) is 0.236. The summed E-state index contributed by atoms with van der Waals surface area (Å²) in [5.74, 6) is -1.11. The highest BCUT2D eigenvalue weighted by Crippen LogP contribution is 2.18. The minimum Gasteiger partial charge on any atom is -0.479 e. The zero-order valence-electron chi connectivity index (χ0n) is 11.3. The Kier molecular flexibility index (Phi) is 4.40. The highest BCUT2D eigenvalue weighted by atomic mass is 16.5. The standard InChI is InChI=1S/C14H15N3O4/c15-7-10-2-1-3-11(6-10)8-16-13(20)17-14(12(18)19)4-5-21-9-14/h1-3,6H,4-5,8-9H2,(H,18,19)(H2,16,17,20). The fraction of sp³-hybridized carbons (Fsp3) is 0.357. The Bertz CT molecular complexity index is 588. The van der Waals surface area contributed by atoms with Gasteiger partial charge in [0.05, 0.1) is 18.2 Å². The van der Waals surface area contributed by atoms with Crippen molar-refractivity contribution in [3.05, 3.63) is 35.4 Å². The molecule has 1 aromatic rings. The molecule has 0 spiro atoms. The van der Waals surface area contributed by atoms with Crippen LogP contribution >= 0.6 is 0 Å². The molecule has 21 heavy (non-hydrogen) atoms. The van der Waals surface area contributed by atoms with Crippen molar-refractivity contribution in [2.45, 2.75) is 18.5 Å². The molecule has 0 saturated carbocycles. The van der Waals surface area contributed by atoms with E-state index >= 15 is 0 Å². The highest BCUT2D eigenvalue weighted by molar-refractivity contribution is 5.86. The lowest BCUT2D eigenvalue weighted by atomic mass is 9.99. The first kappa shape index (κ1) is 14.8. The van der Waals surface area contributed by atoms with Crippen molar-refractivity contribution in [3.8, 4) is 6.07 Å². The van der Waals surface area contributed by atoms with Crippen molar-refractivity contribution >= 4 is 12.0 Å². The number of carboxylic acids is 1. The fourth-order valence-corrected chi connectivity index (χ4v) is 2.08. The molecule has 1 atom stereocenters. The van der Waals surface area contributed by atoms with Crippen molar-refractivity contribution in [2.24, 2.45) is 0 Å². The second kappa shape index (κ2) is 6.24. The van der Waals surface area contributed by atoms with E-state index in [0.717, 1.165) is 5.56 Å². The van der Waals surface area contributed by atoms with Gasteiger partial charge in [-0.1, -0.05) is 12.1 Å². The molecule has 2 rings (SSSR count). The molecule has 7 heteroatoms. The zero-order valence-corrected chi connectivity index (χ0v) is 11.3. The second-order valence-electron chi connectivity index (χ2n) is 4.81. The smallest absolute Gasteiger partial charge is 0.332 e. The minimum atomic E-state index is -1.36. The molecule has 1 saturated heterocycles. The number of urea groups is 1. The number of hydrogen-bond acceptors (Lipinski definition) is 4. The number of hydrogen-bond donors (Lipinski definition) is 3. The van der Waals surface area contributed by atoms with Crippen LogP contribution < -0.4 is 10.6 Å². The number of aliphatic carboxylic acids is 1. The van der Waals surface area contributed by atoms with E-state index in [2.05, 4.69) is 10.6 Å². The van der Waals surface area contributed by atoms with Gasteiger partial charge >= 0.3 is 12.0 Å². The predicted molar refractivity (Wildman–Crippen MR) is 72.3 cm³/mol. The maximum absolute atomic E-state index is 11.8. The maximum atomic E-state index is 11.8. The molecule has 3 N–H and O–H groups in total. The molecule has 110 valence electrons. The molecule has 1 aliphatic heterocycles. The molecule has 0 aromatic heterocycles. The topological polar surface area (TPSA) is 111 Å². The first-order chi connectivity index (χ1) is 10.1. The second-order valence-corrected chi connectivity index (χ2v) is 4.81. The van der Waals surface area contributed by atoms with E-state index < -0.39 is 17.5 Å². The zero-order chi connectivity index (χ0) is 15.3. The van der Waals surface area contributed by atoms with E-state index in [1.54, 1.807) is 24.3 Å². The summed E-state index contributed by atoms with van der Waals surface area (Å²) in [4.78, 5) is 23.1. The van der Waals surface area contributed by atoms with Gasteiger partial charge in [0, 0.05) is 19.6 Å². The van der Waals surface area contributed by atoms with Crippen LogP contribution in [-0.2, 0) is 16.1 Å². The van der Waals surface area contributed by atoms with Gasteiger partial charge in [0.1, 0.15) is 0 Å². The van der Waals surface area contributed by atoms with Crippen LogP contribution in [0.25, 0.3) is 0 Å². The number of amides is 2. The van der Waals surface area contributed by atoms with Gasteiger partial charge in [-0.3, -0.25) is 0 Å². The number of carboxylic acid groups (broad SMARTS) is 1. The molecule has 0 radical (unpaired) electrons. The summed E-state index contributed by atoms with van der Waals surface area (Å²) in [7, 11) is 0. The van der Waals surface area contributed by atoms with Gasteiger partial charge in [-0.2, -0.15) is 5.26 Å². The summed E-state index contributed by atoms with van der Waals surface area (Å²) in [5, 5.41) is 23.0. The number of nitrogens with zero attached hydrogens (tertiary/aromatic N) is 1. The van der Waals surface area contributed by atoms with Crippen molar-refractivity contribution in [2.75, 3.05) is 13.2 Å². The lowest BCUT2D eigenvalue weighted by molar-refractivity contribution is -0.144. The molecule has 1 unspecified atom stereocenters. The molecule has 0 bridgehead atoms. The highest BCUT2D eigenvalue weighted by Gasteiger charge is 2.43. The lowest BCUT2D eigenvalue weighted by Crippen LogP contribution is -2.57. The Hall–Kier alpha value is -2.59. The quantitative estimate of drug-likeness (QED) is 0.751. The van der Waals surface area contributed by atoms with Crippen LogP contribution in [-0.4, -0.2) is 35.9 Å². The van der Waals surface area contributed by atoms with Crippen LogP contribution in [0, 0.1) is 11.3 Å². The van der Waals surface area contributed by atoms with Crippen molar-refractivity contribution in [3.63, 3.8) is 0 Å². The Morgan fingerprint density at radius 1 is 1.48 bits per heavy atom. The van der Waals surface area contributed by atoms with E-state index in [9.17, 15) is 14.7 Å². The summed E-state index contributed by atoms with van der Waals surface area (Å²) in [6.45, 7) is 0.467. The van der Waals surface area contributed by atoms with E-state index in [0.29, 0.717) is 12.2 Å². The van der Waals surface area contributed by atoms with Crippen LogP contribution in [0.1, 0.15) is 17.5 Å². The van der Waals surface area contributed by atoms with Crippen LogP contribution in [0.4, 0.5) is 4.79 Å². The molecule has 1 aromatic carbocycles. The number of carbonyl (C=O) groups excluding carboxylic acids is 1. The van der Waals surface area contributed by atoms with Crippen LogP contribution in [0.2, 0.25) is 0 Å². The fourth-order valence-electron chi connectivity index (χ4n) is 2.08. The predicted octanol–water partition coefficient (Wildman–Crippen LogP) is 0.601. The first-order valence-corrected chi connectivity index (χ1v) is 6.42. The molecular weight excluding hydrogens is 274 g/mol. The Balaban J connectivity index is 1.93. The summed E-state index contributed by atoms with van der Waals surface area (Å²) in [6, 6.07) is 8.25. The van der Waals surface area contributed by atoms with Crippen molar-refractivity contribution < 1.29 is 19.4 Å². The molecule has 7 nitrogen and oxygen atoms in total. The van der Waals surface area contributed by atoms with Crippen LogP contribution in [0.3, 0.4) is 0 Å². The average molecular weight is 289 g/mol. The van der Waals surface area contributed by atoms with Crippen molar-refractivity contribution in [1.29, 1.82) is 5.26 Å². The number of ether oxygens (including phenoxy) is 1. The third-order valence-electron chi connectivity index (χ3n) is 3.29. The third-order valence-corrected chi connectivity index (χ3v) is 3.29. The number of nitriles is 1. The molecule has 0 aliphatic carbocycles. The van der Waals surface area contributed by atoms with Crippen molar-refractivity contribution in [1.82, 2.24) is 10.6 Å². The van der Waals surface area contributed by atoms with Gasteiger partial charge in [-0.25, -0.2) is 9.59 Å². The Morgan fingerprint density at radius 3 is 2.90 bits per heavy atom. The Morgan fingerprint density at radius 2 is 2.29 bits per heavy atom. The normalized spacial score (nSPS) is 20.5. The molecular formula is C14H15N3O4. The van der Waals surface area contributed by atoms with Gasteiger partial charge in [-0.15, -0.1) is 0 Å². The van der Waals surface area contributed by atoms with Crippen LogP contribution in [0.5, 0.6) is 0 Å². The van der Waals surface area contributed by atoms with Gasteiger partial charge in [0.15, 0.2) is 5.54 Å². The SMILES string of the molecule is N#Cc1cccc(CNC(=O)NC2(C(=O)O)CCOC2)c1. The van der Waals surface area contributed by atoms with Crippen LogP contribution in [0.15, 0.2) is 24.3 Å². The number of benzene rings is 1. The van der Waals surface area contributed by atoms with E-state index in [1.807, 2.05) is 6.07 Å². The first-order valence-electron chi connectivity index (χ1n) is 6.42. The largest absolute Gasteiger partial charge is 0.479 e. The summed E-state index contributed by atoms with van der Waals surface area (Å²) >= 11 is 0. The third kappa shape index (κ3) is 3.49. The molecule has 2 amide bonds. The molecule has 1 heterocycles. The molecule has 1 aliphatic rings. The lowest BCUT2D eigenvalue weighted by Gasteiger charge is -2.23. The summed E-state index contributed by atoms with van der Waals surface area (Å²) < 4.78 is 5.06.